The number of aryl methyl sites for hydroxylation is 2. The zero-order valence-electron chi connectivity index (χ0n) is 14.9. The molecular formula is C18H26N2O4. The molecule has 24 heavy (non-hydrogen) atoms. The Morgan fingerprint density at radius 1 is 1.08 bits per heavy atom. The Balaban J connectivity index is 2.15. The van der Waals surface area contributed by atoms with Gasteiger partial charge in [0.15, 0.2) is 0 Å². The first kappa shape index (κ1) is 18.1. The highest BCUT2D eigenvalue weighted by atomic mass is 16.6. The van der Waals surface area contributed by atoms with Crippen LogP contribution in [0.4, 0.5) is 4.79 Å². The largest absolute Gasteiger partial charge is 0.496 e. The van der Waals surface area contributed by atoms with Gasteiger partial charge in [0.05, 0.1) is 19.3 Å². The van der Waals surface area contributed by atoms with Crippen LogP contribution in [0.2, 0.25) is 0 Å². The number of carbonyl (C=O) groups excluding carboxylic acids is 2. The summed E-state index contributed by atoms with van der Waals surface area (Å²) in [5.41, 5.74) is 2.57. The fourth-order valence-corrected chi connectivity index (χ4v) is 3.04. The topological polar surface area (TPSA) is 59.1 Å². The monoisotopic (exact) mass is 334 g/mol. The molecule has 1 saturated heterocycles. The Bertz CT molecular complexity index is 615. The second kappa shape index (κ2) is 8.04. The smallest absolute Gasteiger partial charge is 0.409 e. The lowest BCUT2D eigenvalue weighted by atomic mass is 10.0. The quantitative estimate of drug-likeness (QED) is 0.852. The number of methoxy groups -OCH3 is 1. The minimum Gasteiger partial charge on any atom is -0.496 e. The van der Waals surface area contributed by atoms with E-state index in [0.717, 1.165) is 17.5 Å². The van der Waals surface area contributed by atoms with Gasteiger partial charge in [0, 0.05) is 26.2 Å². The van der Waals surface area contributed by atoms with E-state index in [1.54, 1.807) is 23.8 Å². The molecule has 1 heterocycles. The van der Waals surface area contributed by atoms with Gasteiger partial charge in [0.2, 0.25) is 0 Å². The van der Waals surface area contributed by atoms with Gasteiger partial charge in [-0.05, 0) is 44.4 Å². The summed E-state index contributed by atoms with van der Waals surface area (Å²) in [5, 5.41) is 0. The van der Waals surface area contributed by atoms with E-state index in [1.807, 2.05) is 26.0 Å². The molecule has 1 aromatic rings. The summed E-state index contributed by atoms with van der Waals surface area (Å²) in [6, 6.07) is 3.86. The molecule has 132 valence electrons. The molecular weight excluding hydrogens is 308 g/mol. The van der Waals surface area contributed by atoms with Gasteiger partial charge in [0.25, 0.3) is 5.91 Å². The van der Waals surface area contributed by atoms with Crippen LogP contribution in [-0.4, -0.2) is 61.7 Å². The molecule has 0 N–H and O–H groups in total. The molecule has 1 aliphatic rings. The van der Waals surface area contributed by atoms with Crippen molar-refractivity contribution in [3.8, 4) is 5.75 Å². The van der Waals surface area contributed by atoms with Crippen LogP contribution in [0.1, 0.15) is 34.8 Å². The van der Waals surface area contributed by atoms with Gasteiger partial charge in [-0.15, -0.1) is 0 Å². The average molecular weight is 334 g/mol. The van der Waals surface area contributed by atoms with Crippen LogP contribution in [0.5, 0.6) is 5.75 Å². The number of ether oxygens (including phenoxy) is 2. The molecule has 0 aliphatic carbocycles. The van der Waals surface area contributed by atoms with E-state index >= 15 is 0 Å². The lowest BCUT2D eigenvalue weighted by Gasteiger charge is -2.23. The van der Waals surface area contributed by atoms with Crippen molar-refractivity contribution in [1.82, 2.24) is 9.80 Å². The third-order valence-electron chi connectivity index (χ3n) is 4.19. The summed E-state index contributed by atoms with van der Waals surface area (Å²) >= 11 is 0. The predicted octanol–water partition coefficient (Wildman–Crippen LogP) is 2.62. The van der Waals surface area contributed by atoms with Crippen LogP contribution in [0.25, 0.3) is 0 Å². The maximum absolute atomic E-state index is 13.0. The Hall–Kier alpha value is -2.24. The molecule has 1 aromatic carbocycles. The molecule has 0 spiro atoms. The Labute approximate surface area is 143 Å². The van der Waals surface area contributed by atoms with Crippen molar-refractivity contribution >= 4 is 12.0 Å². The van der Waals surface area contributed by atoms with Gasteiger partial charge in [0.1, 0.15) is 5.75 Å². The van der Waals surface area contributed by atoms with Crippen molar-refractivity contribution < 1.29 is 19.1 Å². The standard InChI is InChI=1S/C18H26N2O4/c1-5-24-18(22)20-8-6-7-19(9-10-20)17(21)16-14(3)11-13(2)12-15(16)23-4/h11-12H,5-10H2,1-4H3. The summed E-state index contributed by atoms with van der Waals surface area (Å²) in [6.07, 6.45) is 0.425. The van der Waals surface area contributed by atoms with Gasteiger partial charge in [-0.2, -0.15) is 0 Å². The molecule has 0 aromatic heterocycles. The van der Waals surface area contributed by atoms with Gasteiger partial charge in [-0.1, -0.05) is 6.07 Å². The minimum atomic E-state index is -0.309. The molecule has 0 unspecified atom stereocenters. The summed E-state index contributed by atoms with van der Waals surface area (Å²) in [6.45, 7) is 8.25. The number of benzene rings is 1. The molecule has 1 aliphatic heterocycles. The number of hydrogen-bond acceptors (Lipinski definition) is 4. The zero-order chi connectivity index (χ0) is 17.7. The summed E-state index contributed by atoms with van der Waals surface area (Å²) < 4.78 is 10.5. The van der Waals surface area contributed by atoms with Crippen molar-refractivity contribution in [2.75, 3.05) is 39.9 Å². The van der Waals surface area contributed by atoms with Gasteiger partial charge in [-0.3, -0.25) is 4.79 Å². The van der Waals surface area contributed by atoms with Crippen molar-refractivity contribution in [3.05, 3.63) is 28.8 Å². The lowest BCUT2D eigenvalue weighted by Crippen LogP contribution is -2.38. The zero-order valence-corrected chi connectivity index (χ0v) is 14.9. The predicted molar refractivity (Wildman–Crippen MR) is 91.6 cm³/mol. The highest BCUT2D eigenvalue weighted by Crippen LogP contribution is 2.26. The first-order valence-electron chi connectivity index (χ1n) is 8.34. The molecule has 2 amide bonds. The fraction of sp³-hybridized carbons (Fsp3) is 0.556. The lowest BCUT2D eigenvalue weighted by molar-refractivity contribution is 0.0749. The number of nitrogens with zero attached hydrogens (tertiary/aromatic N) is 2. The maximum atomic E-state index is 13.0. The van der Waals surface area contributed by atoms with Crippen LogP contribution in [-0.2, 0) is 4.74 Å². The number of hydrogen-bond donors (Lipinski definition) is 0. The highest BCUT2D eigenvalue weighted by molar-refractivity contribution is 5.98. The Kier molecular flexibility index (Phi) is 6.06. The average Bonchev–Trinajstić information content (AvgIpc) is 2.79. The van der Waals surface area contributed by atoms with E-state index in [2.05, 4.69) is 0 Å². The number of rotatable bonds is 3. The fourth-order valence-electron chi connectivity index (χ4n) is 3.04. The van der Waals surface area contributed by atoms with Gasteiger partial charge < -0.3 is 19.3 Å². The Morgan fingerprint density at radius 3 is 2.42 bits per heavy atom. The van der Waals surface area contributed by atoms with Crippen LogP contribution in [0.15, 0.2) is 12.1 Å². The molecule has 0 bridgehead atoms. The second-order valence-corrected chi connectivity index (χ2v) is 5.99. The summed E-state index contributed by atoms with van der Waals surface area (Å²) in [7, 11) is 1.58. The van der Waals surface area contributed by atoms with Gasteiger partial charge in [-0.25, -0.2) is 4.79 Å². The summed E-state index contributed by atoms with van der Waals surface area (Å²) in [5.74, 6) is 0.555. The van der Waals surface area contributed by atoms with E-state index in [4.69, 9.17) is 9.47 Å². The molecule has 1 fully saturated rings. The van der Waals surface area contributed by atoms with Crippen LogP contribution >= 0.6 is 0 Å². The van der Waals surface area contributed by atoms with Crippen molar-refractivity contribution in [3.63, 3.8) is 0 Å². The maximum Gasteiger partial charge on any atom is 0.409 e. The van der Waals surface area contributed by atoms with E-state index in [0.29, 0.717) is 44.1 Å². The molecule has 0 radical (unpaired) electrons. The number of carbonyl (C=O) groups is 2. The Morgan fingerprint density at radius 2 is 1.75 bits per heavy atom. The van der Waals surface area contributed by atoms with E-state index in [9.17, 15) is 9.59 Å². The first-order chi connectivity index (χ1) is 11.5. The minimum absolute atomic E-state index is 0.0462. The summed E-state index contributed by atoms with van der Waals surface area (Å²) in [4.78, 5) is 28.3. The third kappa shape index (κ3) is 3.99. The van der Waals surface area contributed by atoms with Crippen molar-refractivity contribution in [2.45, 2.75) is 27.2 Å². The second-order valence-electron chi connectivity index (χ2n) is 5.99. The van der Waals surface area contributed by atoms with Crippen LogP contribution < -0.4 is 4.74 Å². The molecule has 6 heteroatoms. The van der Waals surface area contributed by atoms with Crippen LogP contribution in [0, 0.1) is 13.8 Å². The van der Waals surface area contributed by atoms with Crippen molar-refractivity contribution in [1.29, 1.82) is 0 Å². The van der Waals surface area contributed by atoms with Gasteiger partial charge >= 0.3 is 6.09 Å². The first-order valence-corrected chi connectivity index (χ1v) is 8.34. The molecule has 2 rings (SSSR count). The SMILES string of the molecule is CCOC(=O)N1CCCN(C(=O)c2c(C)cc(C)cc2OC)CC1. The highest BCUT2D eigenvalue weighted by Gasteiger charge is 2.26. The van der Waals surface area contributed by atoms with E-state index < -0.39 is 0 Å². The van der Waals surface area contributed by atoms with Crippen molar-refractivity contribution in [2.24, 2.45) is 0 Å². The molecule has 0 atom stereocenters. The van der Waals surface area contributed by atoms with E-state index in [1.165, 1.54) is 0 Å². The normalized spacial score (nSPS) is 15.0. The molecule has 0 saturated carbocycles. The van der Waals surface area contributed by atoms with Crippen LogP contribution in [0.3, 0.4) is 0 Å². The molecule has 6 nitrogen and oxygen atoms in total. The third-order valence-corrected chi connectivity index (χ3v) is 4.19. The van der Waals surface area contributed by atoms with E-state index in [-0.39, 0.29) is 12.0 Å². The number of amides is 2.